The molecule has 0 aliphatic heterocycles. The fourth-order valence-corrected chi connectivity index (χ4v) is 2.42. The maximum atomic E-state index is 11.1. The van der Waals surface area contributed by atoms with E-state index < -0.39 is 4.92 Å². The normalized spacial score (nSPS) is 11.0. The fourth-order valence-electron chi connectivity index (χ4n) is 2.25. The molecule has 7 heteroatoms. The van der Waals surface area contributed by atoms with E-state index in [1.165, 1.54) is 6.07 Å². The number of nitrogens with two attached hydrogens (primary N) is 1. The molecule has 3 aromatic rings. The van der Waals surface area contributed by atoms with Crippen molar-refractivity contribution in [1.29, 1.82) is 0 Å². The first-order chi connectivity index (χ1) is 11.5. The number of nitrogens with zero attached hydrogens (tertiary/aromatic N) is 3. The Kier molecular flexibility index (Phi) is 4.31. The zero-order valence-corrected chi connectivity index (χ0v) is 13.2. The predicted octanol–water partition coefficient (Wildman–Crippen LogP) is 4.32. The third kappa shape index (κ3) is 3.28. The molecule has 0 unspecified atom stereocenters. The van der Waals surface area contributed by atoms with Gasteiger partial charge < -0.3 is 5.73 Å². The third-order valence-electron chi connectivity index (χ3n) is 3.43. The van der Waals surface area contributed by atoms with Gasteiger partial charge in [0.15, 0.2) is 0 Å². The molecule has 120 valence electrons. The van der Waals surface area contributed by atoms with E-state index in [0.717, 1.165) is 11.3 Å². The molecule has 0 aliphatic carbocycles. The van der Waals surface area contributed by atoms with Gasteiger partial charge in [0, 0.05) is 29.0 Å². The molecule has 6 nitrogen and oxygen atoms in total. The van der Waals surface area contributed by atoms with Crippen LogP contribution in [0.15, 0.2) is 54.7 Å². The number of nitrogen functional groups attached to an aromatic ring is 1. The molecule has 0 radical (unpaired) electrons. The second-order valence-corrected chi connectivity index (χ2v) is 5.47. The number of nitro groups is 1. The zero-order chi connectivity index (χ0) is 17.1. The van der Waals surface area contributed by atoms with Gasteiger partial charge in [-0.2, -0.15) is 0 Å². The highest BCUT2D eigenvalue weighted by atomic mass is 35.5. The molecule has 2 aromatic carbocycles. The van der Waals surface area contributed by atoms with E-state index in [9.17, 15) is 10.1 Å². The summed E-state index contributed by atoms with van der Waals surface area (Å²) in [6.07, 6.45) is 5.00. The largest absolute Gasteiger partial charge is 0.369 e. The lowest BCUT2D eigenvalue weighted by Gasteiger charge is -1.99. The quantitative estimate of drug-likeness (QED) is 0.566. The molecule has 0 amide bonds. The van der Waals surface area contributed by atoms with E-state index in [0.29, 0.717) is 16.5 Å². The first kappa shape index (κ1) is 15.8. The summed E-state index contributed by atoms with van der Waals surface area (Å²) in [5.41, 5.74) is 7.94. The van der Waals surface area contributed by atoms with Crippen molar-refractivity contribution < 1.29 is 4.92 Å². The van der Waals surface area contributed by atoms with Gasteiger partial charge in [-0.25, -0.2) is 4.98 Å². The number of rotatable bonds is 4. The lowest BCUT2D eigenvalue weighted by molar-refractivity contribution is -0.385. The second kappa shape index (κ2) is 6.55. The highest BCUT2D eigenvalue weighted by Gasteiger charge is 2.12. The molecule has 0 fully saturated rings. The van der Waals surface area contributed by atoms with Crippen LogP contribution >= 0.6 is 11.6 Å². The molecule has 0 saturated carbocycles. The van der Waals surface area contributed by atoms with Crippen molar-refractivity contribution in [2.24, 2.45) is 0 Å². The Labute approximate surface area is 143 Å². The number of anilines is 1. The number of hydrogen-bond donors (Lipinski definition) is 1. The van der Waals surface area contributed by atoms with Crippen LogP contribution in [-0.4, -0.2) is 14.5 Å². The standard InChI is InChI=1S/C17H13ClN4O2/c18-14-7-6-13(16(10-14)22(23)24)8-9-21-11-15(20-17(21)19)12-4-2-1-3-5-12/h1-11H,(H2,19,20)/b9-8+. The fraction of sp³-hybridized carbons (Fsp3) is 0. The molecule has 2 N–H and O–H groups in total. The lowest BCUT2D eigenvalue weighted by Crippen LogP contribution is -1.95. The first-order valence-corrected chi connectivity index (χ1v) is 7.44. The summed E-state index contributed by atoms with van der Waals surface area (Å²) in [5.74, 6) is 0.293. The van der Waals surface area contributed by atoms with Crippen LogP contribution in [-0.2, 0) is 0 Å². The highest BCUT2D eigenvalue weighted by molar-refractivity contribution is 6.30. The highest BCUT2D eigenvalue weighted by Crippen LogP contribution is 2.25. The number of imidazole rings is 1. The van der Waals surface area contributed by atoms with Gasteiger partial charge in [-0.1, -0.05) is 41.9 Å². The van der Waals surface area contributed by atoms with Crippen molar-refractivity contribution >= 4 is 35.5 Å². The maximum Gasteiger partial charge on any atom is 0.278 e. The number of nitro benzene ring substituents is 1. The maximum absolute atomic E-state index is 11.1. The van der Waals surface area contributed by atoms with E-state index in [4.69, 9.17) is 17.3 Å². The van der Waals surface area contributed by atoms with E-state index in [2.05, 4.69) is 4.98 Å². The van der Waals surface area contributed by atoms with Crippen LogP contribution in [0.25, 0.3) is 23.5 Å². The molecule has 0 saturated heterocycles. The van der Waals surface area contributed by atoms with E-state index in [1.54, 1.807) is 35.2 Å². The van der Waals surface area contributed by atoms with Gasteiger partial charge in [0.05, 0.1) is 16.2 Å². The van der Waals surface area contributed by atoms with Crippen LogP contribution in [0.1, 0.15) is 5.56 Å². The number of halogens is 1. The van der Waals surface area contributed by atoms with Gasteiger partial charge in [-0.15, -0.1) is 0 Å². The summed E-state index contributed by atoms with van der Waals surface area (Å²) < 4.78 is 1.61. The summed E-state index contributed by atoms with van der Waals surface area (Å²) in [4.78, 5) is 14.9. The molecule has 1 aromatic heterocycles. The molecular weight excluding hydrogens is 328 g/mol. The third-order valence-corrected chi connectivity index (χ3v) is 3.67. The number of aromatic nitrogens is 2. The minimum Gasteiger partial charge on any atom is -0.369 e. The van der Waals surface area contributed by atoms with Gasteiger partial charge >= 0.3 is 0 Å². The molecule has 24 heavy (non-hydrogen) atoms. The Balaban J connectivity index is 1.94. The predicted molar refractivity (Wildman–Crippen MR) is 95.4 cm³/mol. The van der Waals surface area contributed by atoms with Crippen LogP contribution in [0, 0.1) is 10.1 Å². The number of hydrogen-bond acceptors (Lipinski definition) is 4. The van der Waals surface area contributed by atoms with Crippen molar-refractivity contribution in [2.45, 2.75) is 0 Å². The minimum absolute atomic E-state index is 0.0688. The Morgan fingerprint density at radius 1 is 1.21 bits per heavy atom. The van der Waals surface area contributed by atoms with Crippen molar-refractivity contribution in [3.8, 4) is 11.3 Å². The van der Waals surface area contributed by atoms with Gasteiger partial charge in [-0.3, -0.25) is 14.7 Å². The smallest absolute Gasteiger partial charge is 0.278 e. The van der Waals surface area contributed by atoms with Gasteiger partial charge in [-0.05, 0) is 18.2 Å². The van der Waals surface area contributed by atoms with Crippen LogP contribution in [0.4, 0.5) is 11.6 Å². The van der Waals surface area contributed by atoms with Crippen LogP contribution < -0.4 is 5.73 Å². The van der Waals surface area contributed by atoms with Crippen molar-refractivity contribution in [3.05, 3.63) is 75.4 Å². The molecule has 3 rings (SSSR count). The molecule has 0 atom stereocenters. The SMILES string of the molecule is Nc1nc(-c2ccccc2)cn1/C=C/c1ccc(Cl)cc1[N+](=O)[O-]. The topological polar surface area (TPSA) is 87.0 Å². The van der Waals surface area contributed by atoms with Crippen molar-refractivity contribution in [2.75, 3.05) is 5.73 Å². The molecular formula is C17H13ClN4O2. The molecule has 1 heterocycles. The van der Waals surface area contributed by atoms with Gasteiger partial charge in [0.1, 0.15) is 0 Å². The Bertz CT molecular complexity index is 920. The molecule has 0 spiro atoms. The summed E-state index contributed by atoms with van der Waals surface area (Å²) in [7, 11) is 0. The van der Waals surface area contributed by atoms with Crippen LogP contribution in [0.2, 0.25) is 5.02 Å². The molecule has 0 bridgehead atoms. The average Bonchev–Trinajstić information content (AvgIpc) is 2.95. The second-order valence-electron chi connectivity index (χ2n) is 5.03. The number of benzene rings is 2. The van der Waals surface area contributed by atoms with Crippen molar-refractivity contribution in [3.63, 3.8) is 0 Å². The van der Waals surface area contributed by atoms with E-state index >= 15 is 0 Å². The summed E-state index contributed by atoms with van der Waals surface area (Å²) in [6.45, 7) is 0. The monoisotopic (exact) mass is 340 g/mol. The van der Waals surface area contributed by atoms with Gasteiger partial charge in [0.25, 0.3) is 5.69 Å². The Morgan fingerprint density at radius 2 is 1.96 bits per heavy atom. The molecule has 0 aliphatic rings. The lowest BCUT2D eigenvalue weighted by atomic mass is 10.2. The summed E-state index contributed by atoms with van der Waals surface area (Å²) in [5, 5.41) is 11.4. The Morgan fingerprint density at radius 3 is 2.67 bits per heavy atom. The van der Waals surface area contributed by atoms with Crippen LogP contribution in [0.3, 0.4) is 0 Å². The average molecular weight is 341 g/mol. The van der Waals surface area contributed by atoms with Crippen LogP contribution in [0.5, 0.6) is 0 Å². The van der Waals surface area contributed by atoms with Crippen molar-refractivity contribution in [1.82, 2.24) is 9.55 Å². The summed E-state index contributed by atoms with van der Waals surface area (Å²) >= 11 is 5.81. The minimum atomic E-state index is -0.474. The van der Waals surface area contributed by atoms with E-state index in [1.807, 2.05) is 30.3 Å². The first-order valence-electron chi connectivity index (χ1n) is 7.06. The Hall–Kier alpha value is -3.12. The van der Waals surface area contributed by atoms with Gasteiger partial charge in [0.2, 0.25) is 5.95 Å². The zero-order valence-electron chi connectivity index (χ0n) is 12.5. The summed E-state index contributed by atoms with van der Waals surface area (Å²) in [6, 6.07) is 14.1. The van der Waals surface area contributed by atoms with E-state index in [-0.39, 0.29) is 5.69 Å².